The van der Waals surface area contributed by atoms with Gasteiger partial charge < -0.3 is 10.1 Å². The quantitative estimate of drug-likeness (QED) is 0.854. The molecule has 0 bridgehead atoms. The first kappa shape index (κ1) is 14.4. The number of nitrogens with one attached hydrogen (secondary N) is 1. The summed E-state index contributed by atoms with van der Waals surface area (Å²) in [4.78, 5) is 12.0. The van der Waals surface area contributed by atoms with E-state index in [1.54, 1.807) is 7.11 Å². The van der Waals surface area contributed by atoms with E-state index in [1.807, 2.05) is 48.5 Å². The van der Waals surface area contributed by atoms with Gasteiger partial charge in [-0.3, -0.25) is 4.79 Å². The van der Waals surface area contributed by atoms with Crippen molar-refractivity contribution in [1.82, 2.24) is 0 Å². The van der Waals surface area contributed by atoms with Crippen LogP contribution in [-0.4, -0.2) is 13.0 Å². The van der Waals surface area contributed by atoms with Crippen LogP contribution in [-0.2, 0) is 17.1 Å². The molecular weight excluding hydrogens is 274 g/mol. The SMILES string of the molecule is COc1ccc(CC(=O)Nc2cccc(CCl)c2)cc1. The summed E-state index contributed by atoms with van der Waals surface area (Å²) in [6, 6.07) is 15.0. The topological polar surface area (TPSA) is 38.3 Å². The molecule has 4 heteroatoms. The second kappa shape index (κ2) is 6.96. The van der Waals surface area contributed by atoms with Gasteiger partial charge in [0.25, 0.3) is 0 Å². The third-order valence-corrected chi connectivity index (χ3v) is 3.20. The first-order valence-corrected chi connectivity index (χ1v) is 6.82. The van der Waals surface area contributed by atoms with Crippen molar-refractivity contribution in [1.29, 1.82) is 0 Å². The molecule has 20 heavy (non-hydrogen) atoms. The standard InChI is InChI=1S/C16H16ClNO2/c1-20-15-7-5-12(6-8-15)10-16(19)18-14-4-2-3-13(9-14)11-17/h2-9H,10-11H2,1H3,(H,18,19). The molecule has 0 unspecified atom stereocenters. The summed E-state index contributed by atoms with van der Waals surface area (Å²) in [7, 11) is 1.62. The van der Waals surface area contributed by atoms with E-state index >= 15 is 0 Å². The van der Waals surface area contributed by atoms with Gasteiger partial charge in [0, 0.05) is 11.6 Å². The van der Waals surface area contributed by atoms with Gasteiger partial charge in [0.1, 0.15) is 5.75 Å². The van der Waals surface area contributed by atoms with Crippen molar-refractivity contribution in [3.63, 3.8) is 0 Å². The monoisotopic (exact) mass is 289 g/mol. The Labute approximate surface area is 123 Å². The van der Waals surface area contributed by atoms with Gasteiger partial charge in [-0.1, -0.05) is 24.3 Å². The number of benzene rings is 2. The van der Waals surface area contributed by atoms with E-state index in [0.29, 0.717) is 12.3 Å². The van der Waals surface area contributed by atoms with Crippen LogP contribution in [0.2, 0.25) is 0 Å². The van der Waals surface area contributed by atoms with Gasteiger partial charge in [-0.05, 0) is 35.4 Å². The number of ether oxygens (including phenoxy) is 1. The molecule has 2 aromatic rings. The van der Waals surface area contributed by atoms with Gasteiger partial charge in [0.2, 0.25) is 5.91 Å². The molecule has 0 aromatic heterocycles. The van der Waals surface area contributed by atoms with Gasteiger partial charge in [-0.2, -0.15) is 0 Å². The summed E-state index contributed by atoms with van der Waals surface area (Å²) in [5.41, 5.74) is 2.69. The number of methoxy groups -OCH3 is 1. The minimum Gasteiger partial charge on any atom is -0.497 e. The molecule has 0 aliphatic heterocycles. The maximum atomic E-state index is 12.0. The van der Waals surface area contributed by atoms with Gasteiger partial charge in [0.05, 0.1) is 13.5 Å². The van der Waals surface area contributed by atoms with E-state index in [2.05, 4.69) is 5.32 Å². The zero-order chi connectivity index (χ0) is 14.4. The molecule has 0 heterocycles. The molecule has 0 aliphatic carbocycles. The molecule has 2 aromatic carbocycles. The van der Waals surface area contributed by atoms with Gasteiger partial charge in [-0.15, -0.1) is 11.6 Å². The number of halogens is 1. The van der Waals surface area contributed by atoms with Gasteiger partial charge in [-0.25, -0.2) is 0 Å². The van der Waals surface area contributed by atoms with E-state index in [9.17, 15) is 4.79 Å². The first-order valence-electron chi connectivity index (χ1n) is 6.29. The summed E-state index contributed by atoms with van der Waals surface area (Å²) < 4.78 is 5.08. The van der Waals surface area contributed by atoms with Crippen LogP contribution in [0, 0.1) is 0 Å². The predicted octanol–water partition coefficient (Wildman–Crippen LogP) is 3.62. The minimum absolute atomic E-state index is 0.0538. The zero-order valence-corrected chi connectivity index (χ0v) is 12.0. The van der Waals surface area contributed by atoms with E-state index in [4.69, 9.17) is 16.3 Å². The Bertz CT molecular complexity index is 581. The van der Waals surface area contributed by atoms with Gasteiger partial charge in [0.15, 0.2) is 0 Å². The van der Waals surface area contributed by atoms with Crippen molar-refractivity contribution in [2.45, 2.75) is 12.3 Å². The summed E-state index contributed by atoms with van der Waals surface area (Å²) in [6.45, 7) is 0. The summed E-state index contributed by atoms with van der Waals surface area (Å²) in [6.07, 6.45) is 0.328. The molecule has 0 saturated carbocycles. The summed E-state index contributed by atoms with van der Waals surface area (Å²) in [5, 5.41) is 2.86. The minimum atomic E-state index is -0.0538. The van der Waals surface area contributed by atoms with E-state index in [-0.39, 0.29) is 5.91 Å². The molecule has 0 saturated heterocycles. The van der Waals surface area contributed by atoms with Crippen molar-refractivity contribution < 1.29 is 9.53 Å². The highest BCUT2D eigenvalue weighted by Gasteiger charge is 2.05. The summed E-state index contributed by atoms with van der Waals surface area (Å²) in [5.74, 6) is 1.16. The van der Waals surface area contributed by atoms with Crippen LogP contribution >= 0.6 is 11.6 Å². The van der Waals surface area contributed by atoms with E-state index in [0.717, 1.165) is 22.6 Å². The molecule has 0 spiro atoms. The lowest BCUT2D eigenvalue weighted by atomic mass is 10.1. The average molecular weight is 290 g/mol. The van der Waals surface area contributed by atoms with Crippen molar-refractivity contribution in [3.05, 3.63) is 59.7 Å². The summed E-state index contributed by atoms with van der Waals surface area (Å²) >= 11 is 5.77. The van der Waals surface area contributed by atoms with Crippen LogP contribution in [0.25, 0.3) is 0 Å². The smallest absolute Gasteiger partial charge is 0.228 e. The molecule has 0 radical (unpaired) electrons. The lowest BCUT2D eigenvalue weighted by Gasteiger charge is -2.07. The van der Waals surface area contributed by atoms with Gasteiger partial charge >= 0.3 is 0 Å². The Hall–Kier alpha value is -2.00. The average Bonchev–Trinajstić information content (AvgIpc) is 2.48. The molecule has 1 N–H and O–H groups in total. The highest BCUT2D eigenvalue weighted by Crippen LogP contribution is 2.14. The highest BCUT2D eigenvalue weighted by molar-refractivity contribution is 6.17. The van der Waals surface area contributed by atoms with Crippen LogP contribution in [0.4, 0.5) is 5.69 Å². The number of amides is 1. The largest absolute Gasteiger partial charge is 0.497 e. The number of carbonyl (C=O) groups excluding carboxylic acids is 1. The van der Waals surface area contributed by atoms with Crippen molar-refractivity contribution in [3.8, 4) is 5.75 Å². The fraction of sp³-hybridized carbons (Fsp3) is 0.188. The van der Waals surface area contributed by atoms with Crippen LogP contribution < -0.4 is 10.1 Å². The zero-order valence-electron chi connectivity index (χ0n) is 11.2. The van der Waals surface area contributed by atoms with Crippen LogP contribution in [0.15, 0.2) is 48.5 Å². The molecular formula is C16H16ClNO2. The Morgan fingerprint density at radius 1 is 1.15 bits per heavy atom. The molecule has 0 fully saturated rings. The first-order chi connectivity index (χ1) is 9.71. The Kier molecular flexibility index (Phi) is 5.02. The fourth-order valence-electron chi connectivity index (χ4n) is 1.87. The van der Waals surface area contributed by atoms with Crippen molar-refractivity contribution >= 4 is 23.2 Å². The van der Waals surface area contributed by atoms with Crippen molar-refractivity contribution in [2.75, 3.05) is 12.4 Å². The second-order valence-corrected chi connectivity index (χ2v) is 4.67. The molecule has 2 rings (SSSR count). The molecule has 0 aliphatic rings. The highest BCUT2D eigenvalue weighted by atomic mass is 35.5. The van der Waals surface area contributed by atoms with Crippen LogP contribution in [0.1, 0.15) is 11.1 Å². The third kappa shape index (κ3) is 4.00. The van der Waals surface area contributed by atoms with E-state index in [1.165, 1.54) is 0 Å². The maximum Gasteiger partial charge on any atom is 0.228 e. The predicted molar refractivity (Wildman–Crippen MR) is 81.3 cm³/mol. The normalized spacial score (nSPS) is 10.1. The van der Waals surface area contributed by atoms with Crippen LogP contribution in [0.3, 0.4) is 0 Å². The second-order valence-electron chi connectivity index (χ2n) is 4.41. The van der Waals surface area contributed by atoms with Crippen molar-refractivity contribution in [2.24, 2.45) is 0 Å². The molecule has 1 amide bonds. The lowest BCUT2D eigenvalue weighted by molar-refractivity contribution is -0.115. The number of hydrogen-bond acceptors (Lipinski definition) is 2. The number of anilines is 1. The molecule has 104 valence electrons. The molecule has 3 nitrogen and oxygen atoms in total. The number of rotatable bonds is 5. The molecule has 0 atom stereocenters. The fourth-order valence-corrected chi connectivity index (χ4v) is 2.03. The third-order valence-electron chi connectivity index (χ3n) is 2.89. The number of hydrogen-bond donors (Lipinski definition) is 1. The number of carbonyl (C=O) groups is 1. The Morgan fingerprint density at radius 2 is 1.90 bits per heavy atom. The lowest BCUT2D eigenvalue weighted by Crippen LogP contribution is -2.14. The number of alkyl halides is 1. The maximum absolute atomic E-state index is 12.0. The van der Waals surface area contributed by atoms with E-state index < -0.39 is 0 Å². The Morgan fingerprint density at radius 3 is 2.55 bits per heavy atom. The Balaban J connectivity index is 1.97. The van der Waals surface area contributed by atoms with Crippen LogP contribution in [0.5, 0.6) is 5.75 Å².